The van der Waals surface area contributed by atoms with Crippen molar-refractivity contribution in [2.45, 2.75) is 163 Å². The molecule has 334 valence electrons. The van der Waals surface area contributed by atoms with Crippen molar-refractivity contribution in [3.05, 3.63) is 0 Å². The first kappa shape index (κ1) is 53.7. The summed E-state index contributed by atoms with van der Waals surface area (Å²) in [6.07, 6.45) is 7.86. The van der Waals surface area contributed by atoms with Crippen LogP contribution in [0.15, 0.2) is 0 Å². The molecule has 0 heterocycles. The number of rotatable bonds is 29. The van der Waals surface area contributed by atoms with Gasteiger partial charge in [-0.1, -0.05) is 87.0 Å². The molecule has 0 radical (unpaired) electrons. The summed E-state index contributed by atoms with van der Waals surface area (Å²) in [7, 11) is 1.23. The van der Waals surface area contributed by atoms with Gasteiger partial charge in [-0.3, -0.25) is 33.6 Å². The second-order valence-electron chi connectivity index (χ2n) is 17.0. The van der Waals surface area contributed by atoms with Gasteiger partial charge in [0.05, 0.1) is 32.3 Å². The van der Waals surface area contributed by atoms with Gasteiger partial charge in [0.2, 0.25) is 41.4 Å². The molecule has 0 aliphatic carbocycles. The summed E-state index contributed by atoms with van der Waals surface area (Å²) >= 11 is 0. The Balaban J connectivity index is 5.19. The molecule has 0 saturated heterocycles. The first-order valence-electron chi connectivity index (χ1n) is 20.9. The van der Waals surface area contributed by atoms with E-state index in [1.807, 2.05) is 34.6 Å². The molecule has 0 rings (SSSR count). The molecule has 7 amide bonds. The Morgan fingerprint density at radius 1 is 0.569 bits per heavy atom. The van der Waals surface area contributed by atoms with Crippen LogP contribution in [0, 0.1) is 17.8 Å². The van der Waals surface area contributed by atoms with Crippen molar-refractivity contribution >= 4 is 47.3 Å². The minimum atomic E-state index is -1.53. The van der Waals surface area contributed by atoms with Crippen LogP contribution in [0.25, 0.3) is 0 Å². The van der Waals surface area contributed by atoms with Crippen LogP contribution in [0.3, 0.4) is 0 Å². The maximum atomic E-state index is 13.4. The lowest BCUT2D eigenvalue weighted by molar-refractivity contribution is -0.146. The molecule has 0 unspecified atom stereocenters. The predicted octanol–water partition coefficient (Wildman–Crippen LogP) is 1.72. The lowest BCUT2D eigenvalue weighted by Crippen LogP contribution is -2.61. The topological polar surface area (TPSA) is 242 Å². The van der Waals surface area contributed by atoms with E-state index in [-0.39, 0.29) is 36.6 Å². The molecule has 0 aliphatic rings. The Kier molecular flexibility index (Phi) is 25.4. The zero-order valence-electron chi connectivity index (χ0n) is 37.3. The SMILES string of the molecule is CCCCCCCCNC(C)(C)C(=O)NCC(=O)NCC(=O)N[C@@H](CC(C)C)C(=O)NC(C)(C)C(=O)NCC(=O)N[C@H](C(=O)N[C@@H](CC(C)C)C(=O)OC)[C@@H](C)CC. The number of amides is 7. The Morgan fingerprint density at radius 3 is 1.62 bits per heavy atom. The minimum absolute atomic E-state index is 0.0385. The number of nitrogens with one attached hydrogen (secondary N) is 8. The highest BCUT2D eigenvalue weighted by molar-refractivity contribution is 5.97. The zero-order chi connectivity index (χ0) is 44.6. The number of hydrogen-bond acceptors (Lipinski definition) is 10. The second-order valence-corrected chi connectivity index (χ2v) is 17.0. The maximum Gasteiger partial charge on any atom is 0.328 e. The van der Waals surface area contributed by atoms with E-state index < -0.39 is 83.7 Å². The van der Waals surface area contributed by atoms with Gasteiger partial charge in [0.25, 0.3) is 0 Å². The van der Waals surface area contributed by atoms with E-state index in [0.29, 0.717) is 19.4 Å². The van der Waals surface area contributed by atoms with Gasteiger partial charge >= 0.3 is 5.97 Å². The third-order valence-electron chi connectivity index (χ3n) is 9.61. The minimum Gasteiger partial charge on any atom is -0.467 e. The number of hydrogen-bond donors (Lipinski definition) is 8. The molecule has 0 aromatic rings. The summed E-state index contributed by atoms with van der Waals surface area (Å²) in [5.41, 5.74) is -2.42. The Hall–Kier alpha value is -4.28. The summed E-state index contributed by atoms with van der Waals surface area (Å²) in [6, 6.07) is -2.95. The Morgan fingerprint density at radius 2 is 1.07 bits per heavy atom. The third kappa shape index (κ3) is 22.0. The Bertz CT molecular complexity index is 1350. The van der Waals surface area contributed by atoms with E-state index in [0.717, 1.165) is 19.3 Å². The van der Waals surface area contributed by atoms with Crippen LogP contribution in [0.5, 0.6) is 0 Å². The normalized spacial score (nSPS) is 13.7. The highest BCUT2D eigenvalue weighted by atomic mass is 16.5. The highest BCUT2D eigenvalue weighted by Gasteiger charge is 2.35. The molecule has 0 saturated carbocycles. The fourth-order valence-corrected chi connectivity index (χ4v) is 5.81. The van der Waals surface area contributed by atoms with Crippen LogP contribution in [-0.2, 0) is 43.1 Å². The van der Waals surface area contributed by atoms with Crippen LogP contribution < -0.4 is 42.5 Å². The first-order valence-corrected chi connectivity index (χ1v) is 20.9. The van der Waals surface area contributed by atoms with Gasteiger partial charge in [-0.2, -0.15) is 0 Å². The monoisotopic (exact) mass is 825 g/mol. The number of esters is 1. The highest BCUT2D eigenvalue weighted by Crippen LogP contribution is 2.13. The quantitative estimate of drug-likeness (QED) is 0.0401. The van der Waals surface area contributed by atoms with Gasteiger partial charge in [0.1, 0.15) is 23.7 Å². The van der Waals surface area contributed by atoms with Crippen LogP contribution in [0.2, 0.25) is 0 Å². The average Bonchev–Trinajstić information content (AvgIpc) is 3.14. The standard InChI is InChI=1S/C41H76N8O9/c1-13-15-16-17-18-19-20-45-40(8,9)38(56)43-23-31(50)42-24-32(51)46-29(21-26(3)4)35(53)49-41(10,11)39(57)44-25-33(52)48-34(28(7)14-2)36(54)47-30(22-27(5)6)37(55)58-12/h26-30,34,45H,13-25H2,1-12H3,(H,42,50)(H,43,56)(H,44,57)(H,46,51)(H,47,54)(H,48,52)(H,49,53)/t28-,29-,30-,34-/m0/s1. The smallest absolute Gasteiger partial charge is 0.328 e. The van der Waals surface area contributed by atoms with Crippen molar-refractivity contribution < 1.29 is 43.1 Å². The van der Waals surface area contributed by atoms with Gasteiger partial charge < -0.3 is 47.3 Å². The van der Waals surface area contributed by atoms with E-state index in [1.165, 1.54) is 40.2 Å². The van der Waals surface area contributed by atoms with E-state index >= 15 is 0 Å². The van der Waals surface area contributed by atoms with Crippen LogP contribution in [-0.4, -0.2) is 110 Å². The van der Waals surface area contributed by atoms with Crippen LogP contribution in [0.1, 0.15) is 134 Å². The third-order valence-corrected chi connectivity index (χ3v) is 9.61. The summed E-state index contributed by atoms with van der Waals surface area (Å²) in [5, 5.41) is 21.3. The number of ether oxygens (including phenoxy) is 1. The summed E-state index contributed by atoms with van der Waals surface area (Å²) in [6.45, 7) is 19.0. The number of unbranched alkanes of at least 4 members (excludes halogenated alkanes) is 5. The lowest BCUT2D eigenvalue weighted by Gasteiger charge is -2.29. The number of methoxy groups -OCH3 is 1. The van der Waals surface area contributed by atoms with E-state index in [2.05, 4.69) is 49.5 Å². The summed E-state index contributed by atoms with van der Waals surface area (Å²) in [5.74, 6) is -5.05. The molecule has 4 atom stereocenters. The molecule has 0 fully saturated rings. The van der Waals surface area contributed by atoms with E-state index in [4.69, 9.17) is 4.74 Å². The molecular formula is C41H76N8O9. The van der Waals surface area contributed by atoms with Crippen molar-refractivity contribution in [2.24, 2.45) is 17.8 Å². The van der Waals surface area contributed by atoms with Crippen molar-refractivity contribution in [3.63, 3.8) is 0 Å². The van der Waals surface area contributed by atoms with Crippen LogP contribution in [0.4, 0.5) is 0 Å². The van der Waals surface area contributed by atoms with Gasteiger partial charge in [-0.25, -0.2) is 4.79 Å². The molecule has 8 N–H and O–H groups in total. The first-order chi connectivity index (χ1) is 27.0. The van der Waals surface area contributed by atoms with Gasteiger partial charge in [-0.15, -0.1) is 0 Å². The molecule has 17 heteroatoms. The molecule has 0 spiro atoms. The second kappa shape index (κ2) is 27.4. The summed E-state index contributed by atoms with van der Waals surface area (Å²) in [4.78, 5) is 103. The van der Waals surface area contributed by atoms with Crippen molar-refractivity contribution in [2.75, 3.05) is 33.3 Å². The maximum absolute atomic E-state index is 13.4. The zero-order valence-corrected chi connectivity index (χ0v) is 37.3. The van der Waals surface area contributed by atoms with E-state index in [9.17, 15) is 38.4 Å². The molecule has 0 aromatic carbocycles. The molecule has 0 bridgehead atoms. The van der Waals surface area contributed by atoms with Crippen molar-refractivity contribution in [3.8, 4) is 0 Å². The largest absolute Gasteiger partial charge is 0.467 e. The van der Waals surface area contributed by atoms with Gasteiger partial charge in [-0.05, 0) is 71.3 Å². The number of carbonyl (C=O) groups is 8. The fraction of sp³-hybridized carbons (Fsp3) is 0.805. The lowest BCUT2D eigenvalue weighted by atomic mass is 9.97. The average molecular weight is 825 g/mol. The van der Waals surface area contributed by atoms with Gasteiger partial charge in [0, 0.05) is 0 Å². The molecule has 0 aromatic heterocycles. The Labute approximate surface area is 346 Å². The van der Waals surface area contributed by atoms with Crippen LogP contribution >= 0.6 is 0 Å². The molecule has 0 aliphatic heterocycles. The van der Waals surface area contributed by atoms with Crippen molar-refractivity contribution in [1.29, 1.82) is 0 Å². The van der Waals surface area contributed by atoms with Crippen molar-refractivity contribution in [1.82, 2.24) is 42.5 Å². The molecule has 58 heavy (non-hydrogen) atoms. The summed E-state index contributed by atoms with van der Waals surface area (Å²) < 4.78 is 4.83. The fourth-order valence-electron chi connectivity index (χ4n) is 5.81. The van der Waals surface area contributed by atoms with Gasteiger partial charge in [0.15, 0.2) is 0 Å². The molecular weight excluding hydrogens is 748 g/mol. The van der Waals surface area contributed by atoms with E-state index in [1.54, 1.807) is 20.8 Å². The number of carbonyl (C=O) groups excluding carboxylic acids is 8. The predicted molar refractivity (Wildman–Crippen MR) is 223 cm³/mol. The molecule has 17 nitrogen and oxygen atoms in total.